The average molecular weight is 724 g/mol. The first kappa shape index (κ1) is 34.7. The summed E-state index contributed by atoms with van der Waals surface area (Å²) in [4.78, 5) is 18.2. The summed E-state index contributed by atoms with van der Waals surface area (Å²) in [5.41, 5.74) is 1.27. The van der Waals surface area contributed by atoms with Gasteiger partial charge in [-0.1, -0.05) is 32.2 Å². The number of carbonyl (C=O) groups is 1. The van der Waals surface area contributed by atoms with E-state index in [4.69, 9.17) is 14.2 Å². The van der Waals surface area contributed by atoms with Crippen molar-refractivity contribution in [1.82, 2.24) is 40.8 Å². The van der Waals surface area contributed by atoms with Crippen LogP contribution in [-0.2, 0) is 9.53 Å². The number of hydrogen-bond acceptors (Lipinski definition) is 15. The molecule has 0 atom stereocenters. The van der Waals surface area contributed by atoms with Gasteiger partial charge in [-0.2, -0.15) is 0 Å². The van der Waals surface area contributed by atoms with Crippen molar-refractivity contribution in [1.29, 1.82) is 0 Å². The van der Waals surface area contributed by atoms with Crippen molar-refractivity contribution in [2.24, 2.45) is 0 Å². The predicted octanol–water partition coefficient (Wildman–Crippen LogP) is 7.93. The van der Waals surface area contributed by atoms with E-state index in [1.165, 1.54) is 30.4 Å². The molecule has 10 aliphatic rings. The molecular weight excluding hydrogens is 695 g/mol. The van der Waals surface area contributed by atoms with Crippen molar-refractivity contribution in [3.05, 3.63) is 97.1 Å². The molecule has 12 heterocycles. The van der Waals surface area contributed by atoms with Gasteiger partial charge in [0.25, 0.3) is 0 Å². The molecule has 4 aromatic carbocycles. The minimum atomic E-state index is -0.180. The largest absolute Gasteiger partial charge is 0.422 e. The molecule has 0 spiro atoms. The average Bonchev–Trinajstić information content (AvgIpc) is 3.13. The minimum absolute atomic E-state index is 0.00552. The molecule has 13 nitrogen and oxygen atoms in total. The lowest BCUT2D eigenvalue weighted by atomic mass is 10.2. The van der Waals surface area contributed by atoms with Gasteiger partial charge in [0.1, 0.15) is 11.5 Å². The molecule has 12 bridgehead atoms. The number of aromatic nitrogens is 8. The van der Waals surface area contributed by atoms with Crippen molar-refractivity contribution in [3.63, 3.8) is 0 Å². The van der Waals surface area contributed by atoms with E-state index in [-0.39, 0.29) is 17.9 Å². The van der Waals surface area contributed by atoms with Crippen molar-refractivity contribution >= 4 is 52.6 Å². The third kappa shape index (κ3) is 9.50. The molecule has 1 amide bonds. The smallest absolute Gasteiger partial charge is 0.360 e. The Morgan fingerprint density at radius 1 is 0.540 bits per heavy atom. The lowest BCUT2D eigenvalue weighted by Gasteiger charge is -2.21. The zero-order valence-corrected chi connectivity index (χ0v) is 29.5. The first-order chi connectivity index (χ1) is 24.4. The van der Waals surface area contributed by atoms with Crippen LogP contribution in [0.1, 0.15) is 20.8 Å². The fourth-order valence-electron chi connectivity index (χ4n) is 4.34. The molecule has 0 aliphatic carbocycles. The minimum Gasteiger partial charge on any atom is -0.422 e. The van der Waals surface area contributed by atoms with Crippen LogP contribution in [0.3, 0.4) is 0 Å². The Labute approximate surface area is 300 Å². The van der Waals surface area contributed by atoms with E-state index in [0.29, 0.717) is 33.2 Å². The van der Waals surface area contributed by atoms with Crippen LogP contribution in [0.2, 0.25) is 0 Å². The van der Waals surface area contributed by atoms with Crippen LogP contribution in [0.4, 0.5) is 11.4 Å². The van der Waals surface area contributed by atoms with E-state index >= 15 is 0 Å². The van der Waals surface area contributed by atoms with Gasteiger partial charge in [0.05, 0.1) is 0 Å². The van der Waals surface area contributed by atoms with Crippen LogP contribution in [0.25, 0.3) is 0 Å². The number of anilines is 2. The molecule has 0 saturated heterocycles. The molecule has 0 fully saturated rings. The number of ether oxygens (including phenoxy) is 3. The van der Waals surface area contributed by atoms with Crippen LogP contribution in [0, 0.1) is 0 Å². The standard InChI is InChI=1S/C30H19N9O3S3.C4H10O/c1-18(40)39-19-2-6-21(7-3-19)41-27-31-35-29(36-32-27)44-25-14-10-23(11-15-25)43-24-12-16-26(17-13-24)45-30-37-33-28(34-38-30)42-22-8-4-20(39)5-9-22;1-3-5-4-2/h2-17H,1H3;3-4H2,1-2H3. The Morgan fingerprint density at radius 3 is 1.18 bits per heavy atom. The van der Waals surface area contributed by atoms with Gasteiger partial charge < -0.3 is 14.2 Å². The van der Waals surface area contributed by atoms with E-state index < -0.39 is 0 Å². The molecule has 10 aliphatic heterocycles. The van der Waals surface area contributed by atoms with Gasteiger partial charge in [0.15, 0.2) is 0 Å². The Balaban J connectivity index is 0.000000808. The number of nitrogens with zero attached hydrogens (tertiary/aromatic N) is 9. The van der Waals surface area contributed by atoms with Crippen LogP contribution in [0.15, 0.2) is 127 Å². The summed E-state index contributed by atoms with van der Waals surface area (Å²) in [6, 6.07) is 30.0. The Hall–Kier alpha value is -5.16. The monoisotopic (exact) mass is 723 g/mol. The van der Waals surface area contributed by atoms with E-state index in [0.717, 1.165) is 32.8 Å². The summed E-state index contributed by atoms with van der Waals surface area (Å²) >= 11 is 4.34. The maximum atomic E-state index is 12.6. The number of benzene rings is 4. The van der Waals surface area contributed by atoms with Crippen LogP contribution in [0.5, 0.6) is 23.5 Å². The summed E-state index contributed by atoms with van der Waals surface area (Å²) in [7, 11) is 0. The Kier molecular flexibility index (Phi) is 11.8. The van der Waals surface area contributed by atoms with Crippen LogP contribution in [-0.4, -0.2) is 59.9 Å². The zero-order valence-electron chi connectivity index (χ0n) is 27.0. The molecule has 0 unspecified atom stereocenters. The summed E-state index contributed by atoms with van der Waals surface area (Å²) in [6.45, 7) is 7.15. The molecular formula is C34H29N9O4S3. The molecule has 16 rings (SSSR count). The topological polar surface area (TPSA) is 151 Å². The fraction of sp³-hybridized carbons (Fsp3) is 0.147. The van der Waals surface area contributed by atoms with Crippen molar-refractivity contribution in [2.75, 3.05) is 18.1 Å². The lowest BCUT2D eigenvalue weighted by Crippen LogP contribution is -2.22. The number of amides is 1. The highest BCUT2D eigenvalue weighted by molar-refractivity contribution is 8.00. The maximum absolute atomic E-state index is 12.6. The van der Waals surface area contributed by atoms with Crippen molar-refractivity contribution in [3.8, 4) is 23.5 Å². The third-order valence-electron chi connectivity index (χ3n) is 6.52. The number of hydrogen-bond donors (Lipinski definition) is 0. The van der Waals surface area contributed by atoms with E-state index in [2.05, 4.69) is 40.8 Å². The van der Waals surface area contributed by atoms with Gasteiger partial charge >= 0.3 is 12.0 Å². The summed E-state index contributed by atoms with van der Waals surface area (Å²) in [5.74, 6) is 0.745. The predicted molar refractivity (Wildman–Crippen MR) is 189 cm³/mol. The quantitative estimate of drug-likeness (QED) is 0.170. The summed E-state index contributed by atoms with van der Waals surface area (Å²) in [6.07, 6.45) is 0. The molecule has 16 heteroatoms. The highest BCUT2D eigenvalue weighted by Gasteiger charge is 2.16. The SMILES string of the molecule is CC(=O)N1c2ccc(cc2)Oc2nnc(nn2)Sc2ccc(cc2)Sc2ccc(cc2)Sc2nnc(nn2)Oc2ccc1cc2.CCOCC. The second-order valence-corrected chi connectivity index (χ2v) is 13.2. The molecule has 0 radical (unpaired) electrons. The molecule has 0 N–H and O–H groups in total. The third-order valence-corrected chi connectivity index (χ3v) is 9.24. The Morgan fingerprint density at radius 2 is 0.880 bits per heavy atom. The van der Waals surface area contributed by atoms with Gasteiger partial charge in [-0.25, -0.2) is 0 Å². The number of carbonyl (C=O) groups excluding carboxylic acids is 1. The highest BCUT2D eigenvalue weighted by atomic mass is 32.2. The fourth-order valence-corrected chi connectivity index (χ4v) is 6.45. The second kappa shape index (κ2) is 17.0. The maximum Gasteiger partial charge on any atom is 0.360 e. The van der Waals surface area contributed by atoms with Gasteiger partial charge in [-0.15, -0.1) is 20.4 Å². The molecule has 0 saturated carbocycles. The van der Waals surface area contributed by atoms with E-state index in [1.54, 1.807) is 65.2 Å². The highest BCUT2D eigenvalue weighted by Crippen LogP contribution is 2.34. The normalized spacial score (nSPS) is 12.3. The van der Waals surface area contributed by atoms with Crippen molar-refractivity contribution < 1.29 is 19.0 Å². The van der Waals surface area contributed by atoms with Crippen LogP contribution < -0.4 is 14.4 Å². The van der Waals surface area contributed by atoms with E-state index in [1.807, 2.05) is 62.4 Å². The van der Waals surface area contributed by atoms with Crippen LogP contribution >= 0.6 is 35.3 Å². The van der Waals surface area contributed by atoms with Crippen molar-refractivity contribution in [2.45, 2.75) is 50.7 Å². The molecule has 50 heavy (non-hydrogen) atoms. The first-order valence-electron chi connectivity index (χ1n) is 15.3. The summed E-state index contributed by atoms with van der Waals surface area (Å²) < 4.78 is 16.3. The Bertz CT molecular complexity index is 1850. The van der Waals surface area contributed by atoms with Gasteiger partial charge in [0.2, 0.25) is 16.2 Å². The summed E-state index contributed by atoms with van der Waals surface area (Å²) in [5, 5.41) is 33.6. The molecule has 6 aromatic rings. The first-order valence-corrected chi connectivity index (χ1v) is 17.7. The molecule has 2 aromatic heterocycles. The van der Waals surface area contributed by atoms with Gasteiger partial charge in [-0.05, 0) is 134 Å². The lowest BCUT2D eigenvalue weighted by molar-refractivity contribution is -0.115. The molecule has 252 valence electrons. The van der Waals surface area contributed by atoms with E-state index in [9.17, 15) is 4.79 Å². The number of rotatable bonds is 2. The second-order valence-electron chi connectivity index (χ2n) is 10.0. The zero-order chi connectivity index (χ0) is 34.7. The van der Waals surface area contributed by atoms with Gasteiger partial charge in [0, 0.05) is 51.1 Å². The van der Waals surface area contributed by atoms with Gasteiger partial charge in [-0.3, -0.25) is 9.69 Å².